The minimum absolute atomic E-state index is 0.229. The van der Waals surface area contributed by atoms with Crippen molar-refractivity contribution in [3.05, 3.63) is 82.4 Å². The number of aryl methyl sites for hydroxylation is 1. The van der Waals surface area contributed by atoms with Gasteiger partial charge >= 0.3 is 12.1 Å². The van der Waals surface area contributed by atoms with E-state index < -0.39 is 12.1 Å². The second-order valence-corrected chi connectivity index (χ2v) is 7.72. The number of ether oxygens (including phenoxy) is 1. The van der Waals surface area contributed by atoms with Gasteiger partial charge in [-0.15, -0.1) is 0 Å². The molecule has 2 aromatic carbocycles. The predicted molar refractivity (Wildman–Crippen MR) is 130 cm³/mol. The molecule has 0 fully saturated rings. The van der Waals surface area contributed by atoms with Crippen LogP contribution in [-0.2, 0) is 4.79 Å². The van der Waals surface area contributed by atoms with Gasteiger partial charge in [0.2, 0.25) is 5.71 Å². The number of para-hydroxylation sites is 1. The van der Waals surface area contributed by atoms with Crippen LogP contribution >= 0.6 is 0 Å². The van der Waals surface area contributed by atoms with Gasteiger partial charge in [-0.05, 0) is 36.8 Å². The van der Waals surface area contributed by atoms with Crippen LogP contribution in [0.15, 0.2) is 64.2 Å². The average Bonchev–Trinajstić information content (AvgIpc) is 3.45. The van der Waals surface area contributed by atoms with Crippen LogP contribution in [0.1, 0.15) is 17.1 Å². The van der Waals surface area contributed by atoms with Gasteiger partial charge in [-0.25, -0.2) is 9.78 Å². The van der Waals surface area contributed by atoms with E-state index in [2.05, 4.69) is 15.0 Å². The maximum Gasteiger partial charge on any atom is 0.490 e. The first-order valence-electron chi connectivity index (χ1n) is 10.7. The number of benzene rings is 2. The minimum Gasteiger partial charge on any atom is -0.495 e. The molecule has 37 heavy (non-hydrogen) atoms. The first kappa shape index (κ1) is 25.2. The summed E-state index contributed by atoms with van der Waals surface area (Å²) in [5.41, 5.74) is 3.46. The number of furan rings is 1. The summed E-state index contributed by atoms with van der Waals surface area (Å²) in [5.74, 6) is -1.63. The Morgan fingerprint density at radius 3 is 2.57 bits per heavy atom. The van der Waals surface area contributed by atoms with E-state index in [-0.39, 0.29) is 5.56 Å². The number of hydrogen-bond donors (Lipinski definition) is 2. The molecule has 0 amide bonds. The number of nitrogens with zero attached hydrogens (tertiary/aromatic N) is 3. The van der Waals surface area contributed by atoms with Crippen LogP contribution in [0.2, 0.25) is 0 Å². The zero-order chi connectivity index (χ0) is 26.7. The number of fused-ring (bicyclic) bond motifs is 3. The van der Waals surface area contributed by atoms with E-state index in [4.69, 9.17) is 19.1 Å². The molecule has 5 aromatic rings. The van der Waals surface area contributed by atoms with E-state index in [1.165, 1.54) is 0 Å². The summed E-state index contributed by atoms with van der Waals surface area (Å²) in [6.45, 7) is 1.94. The van der Waals surface area contributed by atoms with Crippen molar-refractivity contribution in [3.63, 3.8) is 0 Å². The van der Waals surface area contributed by atoms with E-state index in [1.54, 1.807) is 19.5 Å². The number of aliphatic carboxylic acids is 1. The molecule has 0 unspecified atom stereocenters. The average molecular weight is 512 g/mol. The molecule has 12 heteroatoms. The molecular formula is C25H19F3N4O5. The minimum atomic E-state index is -5.08. The van der Waals surface area contributed by atoms with E-state index in [1.807, 2.05) is 66.2 Å². The number of methoxy groups -OCH3 is 1. The summed E-state index contributed by atoms with van der Waals surface area (Å²) >= 11 is 0. The molecule has 0 aliphatic rings. The lowest BCUT2D eigenvalue weighted by Gasteiger charge is -2.09. The van der Waals surface area contributed by atoms with Gasteiger partial charge in [-0.1, -0.05) is 30.3 Å². The summed E-state index contributed by atoms with van der Waals surface area (Å²) in [6.07, 6.45) is 2.20. The lowest BCUT2D eigenvalue weighted by Crippen LogP contribution is -2.21. The van der Waals surface area contributed by atoms with Crippen molar-refractivity contribution in [3.8, 4) is 11.4 Å². The number of carboxylic acid groups (broad SMARTS) is 1. The number of H-pyrrole nitrogens is 1. The fraction of sp³-hybridized carbons (Fsp3) is 0.120. The van der Waals surface area contributed by atoms with Crippen LogP contribution in [0, 0.1) is 6.92 Å². The number of carbonyl (C=O) groups is 1. The van der Waals surface area contributed by atoms with E-state index >= 15 is 0 Å². The normalized spacial score (nSPS) is 11.6. The van der Waals surface area contributed by atoms with Gasteiger partial charge in [-0.3, -0.25) is 4.79 Å². The highest BCUT2D eigenvalue weighted by Crippen LogP contribution is 2.26. The highest BCUT2D eigenvalue weighted by atomic mass is 19.4. The summed E-state index contributed by atoms with van der Waals surface area (Å²) in [4.78, 5) is 33.0. The molecule has 0 spiro atoms. The van der Waals surface area contributed by atoms with Crippen molar-refractivity contribution in [2.45, 2.75) is 13.1 Å². The Balaban J connectivity index is 0.000000405. The topological polar surface area (TPSA) is 123 Å². The van der Waals surface area contributed by atoms with Gasteiger partial charge in [0.15, 0.2) is 0 Å². The zero-order valence-corrected chi connectivity index (χ0v) is 19.4. The van der Waals surface area contributed by atoms with Crippen LogP contribution in [0.3, 0.4) is 0 Å². The van der Waals surface area contributed by atoms with Crippen molar-refractivity contribution in [1.82, 2.24) is 19.5 Å². The third kappa shape index (κ3) is 5.53. The van der Waals surface area contributed by atoms with Crippen molar-refractivity contribution < 1.29 is 32.2 Å². The van der Waals surface area contributed by atoms with Gasteiger partial charge in [-0.2, -0.15) is 18.2 Å². The van der Waals surface area contributed by atoms with Crippen LogP contribution in [0.4, 0.5) is 13.2 Å². The number of imidazole rings is 1. The number of hydrogen-bond acceptors (Lipinski definition) is 6. The fourth-order valence-electron chi connectivity index (χ4n) is 3.47. The Morgan fingerprint density at radius 1 is 1.19 bits per heavy atom. The second kappa shape index (κ2) is 10.0. The molecule has 2 N–H and O–H groups in total. The zero-order valence-electron chi connectivity index (χ0n) is 19.4. The molecule has 3 aromatic heterocycles. The van der Waals surface area contributed by atoms with Crippen molar-refractivity contribution in [2.75, 3.05) is 7.11 Å². The number of aromatic nitrogens is 4. The van der Waals surface area contributed by atoms with Crippen LogP contribution < -0.4 is 10.3 Å². The highest BCUT2D eigenvalue weighted by Gasteiger charge is 2.38. The van der Waals surface area contributed by atoms with Gasteiger partial charge < -0.3 is 23.8 Å². The Hall–Kier alpha value is -4.87. The third-order valence-electron chi connectivity index (χ3n) is 5.14. The molecule has 190 valence electrons. The number of aromatic amines is 1. The molecular weight excluding hydrogens is 493 g/mol. The molecule has 0 aliphatic carbocycles. The standard InChI is InChI=1S/C23H18N4O3.C2HF3O2/c1-14-12-27(13-24-14)17-9-7-15(11-19(17)29-2)8-10-20-25-22(28)21-16-5-3-4-6-18(16)30-23(21)26-20;3-2(4,5)1(6)7/h3-13H,1-2H3,(H,25,26,28);(H,6,7)/b10-8+;. The van der Waals surface area contributed by atoms with Crippen molar-refractivity contribution in [1.29, 1.82) is 0 Å². The molecule has 3 heterocycles. The number of alkyl halides is 3. The smallest absolute Gasteiger partial charge is 0.490 e. The lowest BCUT2D eigenvalue weighted by molar-refractivity contribution is -0.192. The van der Waals surface area contributed by atoms with E-state index in [0.717, 1.165) is 22.3 Å². The Bertz CT molecular complexity index is 1680. The number of halogens is 3. The highest BCUT2D eigenvalue weighted by molar-refractivity contribution is 6.03. The molecule has 0 saturated carbocycles. The second-order valence-electron chi connectivity index (χ2n) is 7.72. The summed E-state index contributed by atoms with van der Waals surface area (Å²) in [7, 11) is 1.63. The van der Waals surface area contributed by atoms with Gasteiger partial charge in [0, 0.05) is 11.6 Å². The van der Waals surface area contributed by atoms with E-state index in [9.17, 15) is 18.0 Å². The number of carboxylic acids is 1. The number of nitrogens with one attached hydrogen (secondary N) is 1. The van der Waals surface area contributed by atoms with Gasteiger partial charge in [0.1, 0.15) is 22.5 Å². The molecule has 0 bridgehead atoms. The molecule has 0 atom stereocenters. The van der Waals surface area contributed by atoms with Crippen LogP contribution in [-0.4, -0.2) is 43.9 Å². The van der Waals surface area contributed by atoms with Gasteiger partial charge in [0.25, 0.3) is 5.56 Å². The SMILES string of the molecule is COc1cc(/C=C/c2nc3oc4ccccc4c3c(=O)[nH]2)ccc1-n1cnc(C)c1.O=C(O)C(F)(F)F. The monoisotopic (exact) mass is 512 g/mol. The molecule has 0 aliphatic heterocycles. The first-order valence-corrected chi connectivity index (χ1v) is 10.7. The third-order valence-corrected chi connectivity index (χ3v) is 5.14. The Morgan fingerprint density at radius 2 is 1.92 bits per heavy atom. The fourth-order valence-corrected chi connectivity index (χ4v) is 3.47. The predicted octanol–water partition coefficient (Wildman–Crippen LogP) is 4.98. The molecule has 0 saturated heterocycles. The first-order chi connectivity index (χ1) is 17.6. The van der Waals surface area contributed by atoms with Crippen LogP contribution in [0.25, 0.3) is 39.9 Å². The largest absolute Gasteiger partial charge is 0.495 e. The van der Waals surface area contributed by atoms with Crippen LogP contribution in [0.5, 0.6) is 5.75 Å². The van der Waals surface area contributed by atoms with Gasteiger partial charge in [0.05, 0.1) is 24.8 Å². The summed E-state index contributed by atoms with van der Waals surface area (Å²) in [6, 6.07) is 13.2. The Kier molecular flexibility index (Phi) is 6.83. The van der Waals surface area contributed by atoms with E-state index in [0.29, 0.717) is 28.3 Å². The van der Waals surface area contributed by atoms with Crippen molar-refractivity contribution in [2.24, 2.45) is 0 Å². The summed E-state index contributed by atoms with van der Waals surface area (Å²) < 4.78 is 44.9. The maximum absolute atomic E-state index is 12.6. The maximum atomic E-state index is 12.6. The van der Waals surface area contributed by atoms with Crippen molar-refractivity contribution >= 4 is 40.2 Å². The molecule has 0 radical (unpaired) electrons. The molecule has 5 rings (SSSR count). The quantitative estimate of drug-likeness (QED) is 0.348. The Labute approximate surface area is 206 Å². The summed E-state index contributed by atoms with van der Waals surface area (Å²) in [5, 5.41) is 8.34. The lowest BCUT2D eigenvalue weighted by atomic mass is 10.1. The molecule has 9 nitrogen and oxygen atoms in total. The number of rotatable bonds is 4.